The summed E-state index contributed by atoms with van der Waals surface area (Å²) >= 11 is 0. The lowest BCUT2D eigenvalue weighted by molar-refractivity contribution is -0.906. The minimum absolute atomic E-state index is 0.150. The molecule has 1 aromatic carbocycles. The summed E-state index contributed by atoms with van der Waals surface area (Å²) in [6.45, 7) is 7.55. The van der Waals surface area contributed by atoms with E-state index in [2.05, 4.69) is 22.1 Å². The molecule has 3 heterocycles. The number of fused-ring (bicyclic) bond motifs is 1. The molecule has 2 aromatic heterocycles. The zero-order valence-electron chi connectivity index (χ0n) is 18.2. The number of ether oxygens (including phenoxy) is 1. The molecule has 32 heavy (non-hydrogen) atoms. The first-order valence-corrected chi connectivity index (χ1v) is 11.0. The van der Waals surface area contributed by atoms with Crippen molar-refractivity contribution in [2.75, 3.05) is 39.4 Å². The van der Waals surface area contributed by atoms with Gasteiger partial charge in [-0.3, -0.25) is 9.59 Å². The van der Waals surface area contributed by atoms with Crippen LogP contribution >= 0.6 is 0 Å². The van der Waals surface area contributed by atoms with Crippen molar-refractivity contribution in [3.8, 4) is 0 Å². The molecule has 1 aliphatic rings. The number of para-hydroxylation sites is 1. The highest BCUT2D eigenvalue weighted by Gasteiger charge is 2.19. The Morgan fingerprint density at radius 2 is 1.97 bits per heavy atom. The molecule has 3 N–H and O–H groups in total. The number of furan rings is 1. The lowest BCUT2D eigenvalue weighted by Gasteiger charge is -2.23. The van der Waals surface area contributed by atoms with E-state index in [1.54, 1.807) is 18.2 Å². The summed E-state index contributed by atoms with van der Waals surface area (Å²) < 4.78 is 12.7. The Balaban J connectivity index is 1.56. The number of aromatic nitrogens is 1. The number of nitrogens with one attached hydrogen (secondary N) is 3. The van der Waals surface area contributed by atoms with Gasteiger partial charge in [-0.25, -0.2) is 0 Å². The Labute approximate surface area is 186 Å². The van der Waals surface area contributed by atoms with Crippen LogP contribution in [0.3, 0.4) is 0 Å². The molecular formula is C24H29N4O4+. The molecule has 168 valence electrons. The van der Waals surface area contributed by atoms with Crippen LogP contribution in [0, 0.1) is 0 Å². The Morgan fingerprint density at radius 3 is 2.72 bits per heavy atom. The fourth-order valence-electron chi connectivity index (χ4n) is 3.92. The predicted octanol–water partition coefficient (Wildman–Crippen LogP) is 1.06. The van der Waals surface area contributed by atoms with Crippen molar-refractivity contribution < 1.29 is 23.6 Å². The minimum Gasteiger partial charge on any atom is -0.459 e. The predicted molar refractivity (Wildman–Crippen MR) is 121 cm³/mol. The van der Waals surface area contributed by atoms with Gasteiger partial charge < -0.3 is 29.3 Å². The van der Waals surface area contributed by atoms with Crippen LogP contribution in [-0.2, 0) is 16.1 Å². The fraction of sp³-hybridized carbons (Fsp3) is 0.333. The number of nitrogens with zero attached hydrogens (tertiary/aromatic N) is 1. The topological polar surface area (TPSA) is 89.9 Å². The molecule has 0 unspecified atom stereocenters. The number of rotatable bonds is 8. The second kappa shape index (κ2) is 10.3. The molecule has 1 aliphatic heterocycles. The van der Waals surface area contributed by atoms with Crippen LogP contribution < -0.4 is 15.5 Å². The standard InChI is InChI=1S/C24H28N4O4/c1-2-28-17-18(19-6-3-4-7-21(19)28)16-20(26-24(30)22-8-5-13-32-22)23(29)25-9-10-27-11-14-31-15-12-27/h3-8,13,16-17H,2,9-12,14-15H2,1H3,(H,25,29)(H,26,30)/p+1/b20-16-. The number of morpholine rings is 1. The van der Waals surface area contributed by atoms with Crippen molar-refractivity contribution in [3.63, 3.8) is 0 Å². The Hall–Kier alpha value is -3.36. The molecule has 8 heteroatoms. The molecule has 0 saturated carbocycles. The van der Waals surface area contributed by atoms with Crippen LogP contribution in [0.25, 0.3) is 17.0 Å². The Morgan fingerprint density at radius 1 is 1.16 bits per heavy atom. The van der Waals surface area contributed by atoms with E-state index in [1.165, 1.54) is 11.2 Å². The SMILES string of the molecule is CCn1cc(/C=C(\NC(=O)c2ccco2)C(=O)NCC[NH+]2CCOCC2)c2ccccc21. The largest absolute Gasteiger partial charge is 0.459 e. The molecule has 0 atom stereocenters. The van der Waals surface area contributed by atoms with Crippen molar-refractivity contribution in [2.45, 2.75) is 13.5 Å². The average Bonchev–Trinajstić information content (AvgIpc) is 3.48. The van der Waals surface area contributed by atoms with Crippen molar-refractivity contribution >= 4 is 28.8 Å². The maximum atomic E-state index is 13.0. The van der Waals surface area contributed by atoms with Gasteiger partial charge in [-0.05, 0) is 31.2 Å². The number of amides is 2. The summed E-state index contributed by atoms with van der Waals surface area (Å²) in [6.07, 6.45) is 5.15. The van der Waals surface area contributed by atoms with Crippen LogP contribution in [0.1, 0.15) is 23.0 Å². The Kier molecular flexibility index (Phi) is 7.03. The number of benzene rings is 1. The van der Waals surface area contributed by atoms with Gasteiger partial charge in [0, 0.05) is 29.2 Å². The maximum Gasteiger partial charge on any atom is 0.291 e. The monoisotopic (exact) mass is 437 g/mol. The van der Waals surface area contributed by atoms with Crippen molar-refractivity contribution in [3.05, 3.63) is 65.9 Å². The molecule has 8 nitrogen and oxygen atoms in total. The first kappa shape index (κ1) is 21.9. The highest BCUT2D eigenvalue weighted by Crippen LogP contribution is 2.23. The van der Waals surface area contributed by atoms with Gasteiger partial charge >= 0.3 is 0 Å². The lowest BCUT2D eigenvalue weighted by Crippen LogP contribution is -3.14. The second-order valence-electron chi connectivity index (χ2n) is 7.75. The van der Waals surface area contributed by atoms with Gasteiger partial charge in [-0.2, -0.15) is 0 Å². The van der Waals surface area contributed by atoms with Gasteiger partial charge in [0.1, 0.15) is 18.8 Å². The smallest absolute Gasteiger partial charge is 0.291 e. The van der Waals surface area contributed by atoms with E-state index < -0.39 is 5.91 Å². The third-order valence-electron chi connectivity index (χ3n) is 5.66. The summed E-state index contributed by atoms with van der Waals surface area (Å²) in [4.78, 5) is 27.0. The average molecular weight is 438 g/mol. The van der Waals surface area contributed by atoms with Gasteiger partial charge in [-0.1, -0.05) is 18.2 Å². The molecule has 4 rings (SSSR count). The van der Waals surface area contributed by atoms with E-state index >= 15 is 0 Å². The molecule has 0 spiro atoms. The highest BCUT2D eigenvalue weighted by atomic mass is 16.5. The first-order valence-electron chi connectivity index (χ1n) is 11.0. The molecule has 1 saturated heterocycles. The third kappa shape index (κ3) is 5.09. The van der Waals surface area contributed by atoms with E-state index in [9.17, 15) is 9.59 Å². The quantitative estimate of drug-likeness (QED) is 0.460. The van der Waals surface area contributed by atoms with Crippen LogP contribution in [0.4, 0.5) is 0 Å². The normalized spacial score (nSPS) is 15.1. The second-order valence-corrected chi connectivity index (χ2v) is 7.75. The molecule has 0 radical (unpaired) electrons. The van der Waals surface area contributed by atoms with Gasteiger partial charge in [0.15, 0.2) is 5.76 Å². The maximum absolute atomic E-state index is 13.0. The van der Waals surface area contributed by atoms with E-state index in [-0.39, 0.29) is 17.4 Å². The van der Waals surface area contributed by atoms with Gasteiger partial charge in [0.25, 0.3) is 11.8 Å². The van der Waals surface area contributed by atoms with Gasteiger partial charge in [0.05, 0.1) is 32.6 Å². The molecule has 0 bridgehead atoms. The van der Waals surface area contributed by atoms with Crippen molar-refractivity contribution in [1.29, 1.82) is 0 Å². The first-order chi connectivity index (χ1) is 15.7. The molecule has 2 amide bonds. The lowest BCUT2D eigenvalue weighted by atomic mass is 10.1. The summed E-state index contributed by atoms with van der Waals surface area (Å²) in [6, 6.07) is 11.2. The highest BCUT2D eigenvalue weighted by molar-refractivity contribution is 6.05. The van der Waals surface area contributed by atoms with E-state index in [1.807, 2.05) is 30.5 Å². The van der Waals surface area contributed by atoms with Crippen LogP contribution in [-0.4, -0.2) is 55.8 Å². The minimum atomic E-state index is -0.463. The summed E-state index contributed by atoms with van der Waals surface area (Å²) in [7, 11) is 0. The fourth-order valence-corrected chi connectivity index (χ4v) is 3.92. The molecular weight excluding hydrogens is 408 g/mol. The van der Waals surface area contributed by atoms with E-state index in [0.717, 1.165) is 55.9 Å². The summed E-state index contributed by atoms with van der Waals surface area (Å²) in [5.41, 5.74) is 2.13. The molecule has 1 fully saturated rings. The van der Waals surface area contributed by atoms with Crippen LogP contribution in [0.2, 0.25) is 0 Å². The number of hydrogen-bond donors (Lipinski definition) is 3. The van der Waals surface area contributed by atoms with E-state index in [0.29, 0.717) is 6.54 Å². The number of carbonyl (C=O) groups excluding carboxylic acids is 2. The Bertz CT molecular complexity index is 1090. The molecule has 3 aromatic rings. The zero-order chi connectivity index (χ0) is 22.3. The number of aryl methyl sites for hydroxylation is 1. The molecule has 0 aliphatic carbocycles. The number of carbonyl (C=O) groups is 2. The van der Waals surface area contributed by atoms with E-state index in [4.69, 9.17) is 9.15 Å². The van der Waals surface area contributed by atoms with Crippen LogP contribution in [0.5, 0.6) is 0 Å². The zero-order valence-corrected chi connectivity index (χ0v) is 18.2. The van der Waals surface area contributed by atoms with Gasteiger partial charge in [-0.15, -0.1) is 0 Å². The van der Waals surface area contributed by atoms with Gasteiger partial charge in [0.2, 0.25) is 0 Å². The van der Waals surface area contributed by atoms with Crippen LogP contribution in [0.15, 0.2) is 59.0 Å². The summed E-state index contributed by atoms with van der Waals surface area (Å²) in [5.74, 6) is -0.641. The number of hydrogen-bond acceptors (Lipinski definition) is 4. The third-order valence-corrected chi connectivity index (χ3v) is 5.66. The van der Waals surface area contributed by atoms with Crippen molar-refractivity contribution in [2.24, 2.45) is 0 Å². The van der Waals surface area contributed by atoms with Crippen molar-refractivity contribution in [1.82, 2.24) is 15.2 Å². The summed E-state index contributed by atoms with van der Waals surface area (Å²) in [5, 5.41) is 6.70. The number of quaternary nitrogens is 1.